The van der Waals surface area contributed by atoms with Gasteiger partial charge in [-0.05, 0) is 17.1 Å². The van der Waals surface area contributed by atoms with Crippen molar-refractivity contribution < 1.29 is 9.85 Å². The van der Waals surface area contributed by atoms with Gasteiger partial charge in [0.25, 0.3) is 5.69 Å². The molecule has 0 saturated heterocycles. The summed E-state index contributed by atoms with van der Waals surface area (Å²) >= 11 is 0. The minimum atomic E-state index is -0.724. The lowest BCUT2D eigenvalue weighted by Crippen LogP contribution is -1.97. The van der Waals surface area contributed by atoms with E-state index in [1.807, 2.05) is 0 Å². The minimum absolute atomic E-state index is 0.0567. The Hall–Kier alpha value is -2.51. The summed E-state index contributed by atoms with van der Waals surface area (Å²) in [6, 6.07) is 5.33. The van der Waals surface area contributed by atoms with Crippen molar-refractivity contribution in [1.82, 2.24) is 0 Å². The molecule has 0 aliphatic carbocycles. The van der Waals surface area contributed by atoms with E-state index in [9.17, 15) is 20.2 Å². The average Bonchev–Trinajstić information content (AvgIpc) is 2.18. The van der Waals surface area contributed by atoms with Crippen molar-refractivity contribution >= 4 is 17.7 Å². The molecule has 0 aliphatic rings. The molecule has 0 saturated carbocycles. The fourth-order valence-corrected chi connectivity index (χ4v) is 0.808. The SMILES string of the molecule is O=[N+]([O-])C=NNc1ccc([N+](=O)[O-])cc1. The molecular formula is C7H6N4O4. The zero-order valence-electron chi connectivity index (χ0n) is 7.36. The smallest absolute Gasteiger partial charge is 0.352 e. The summed E-state index contributed by atoms with van der Waals surface area (Å²) in [4.78, 5) is 18.9. The van der Waals surface area contributed by atoms with Crippen molar-refractivity contribution in [2.75, 3.05) is 5.43 Å². The fourth-order valence-electron chi connectivity index (χ4n) is 0.808. The number of nitrogens with zero attached hydrogens (tertiary/aromatic N) is 3. The quantitative estimate of drug-likeness (QED) is 0.347. The summed E-state index contributed by atoms with van der Waals surface area (Å²) in [5.74, 6) is 0. The third-order valence-corrected chi connectivity index (χ3v) is 1.42. The Bertz CT molecular complexity index is 400. The highest BCUT2D eigenvalue weighted by Crippen LogP contribution is 2.14. The molecule has 1 N–H and O–H groups in total. The highest BCUT2D eigenvalue weighted by atomic mass is 16.6. The van der Waals surface area contributed by atoms with Gasteiger partial charge in [0.1, 0.15) is 0 Å². The van der Waals surface area contributed by atoms with Crippen LogP contribution in [0.15, 0.2) is 29.4 Å². The number of hydrogen-bond donors (Lipinski definition) is 1. The molecule has 1 rings (SSSR count). The van der Waals surface area contributed by atoms with Gasteiger partial charge < -0.3 is 10.1 Å². The Morgan fingerprint density at radius 3 is 2.27 bits per heavy atom. The van der Waals surface area contributed by atoms with Crippen molar-refractivity contribution in [3.05, 3.63) is 44.5 Å². The van der Waals surface area contributed by atoms with Crippen LogP contribution >= 0.6 is 0 Å². The molecule has 0 atom stereocenters. The van der Waals surface area contributed by atoms with Crippen molar-refractivity contribution in [3.63, 3.8) is 0 Å². The summed E-state index contributed by atoms with van der Waals surface area (Å²) in [6.45, 7) is 0. The Morgan fingerprint density at radius 1 is 1.20 bits per heavy atom. The molecule has 1 aromatic carbocycles. The molecule has 0 unspecified atom stereocenters. The second-order valence-corrected chi connectivity index (χ2v) is 2.45. The highest BCUT2D eigenvalue weighted by molar-refractivity contribution is 5.52. The molecule has 78 valence electrons. The standard InChI is InChI=1S/C7H6N4O4/c12-10(13)5-8-9-6-1-3-7(4-2-6)11(14)15/h1-5,9H. The Kier molecular flexibility index (Phi) is 3.28. The third-order valence-electron chi connectivity index (χ3n) is 1.42. The van der Waals surface area contributed by atoms with Gasteiger partial charge in [0.2, 0.25) is 0 Å². The predicted molar refractivity (Wildman–Crippen MR) is 52.2 cm³/mol. The van der Waals surface area contributed by atoms with E-state index in [-0.39, 0.29) is 5.69 Å². The second kappa shape index (κ2) is 4.65. The van der Waals surface area contributed by atoms with E-state index in [1.165, 1.54) is 24.3 Å². The van der Waals surface area contributed by atoms with E-state index in [0.717, 1.165) is 0 Å². The van der Waals surface area contributed by atoms with E-state index < -0.39 is 9.85 Å². The summed E-state index contributed by atoms with van der Waals surface area (Å²) in [5.41, 5.74) is 2.72. The summed E-state index contributed by atoms with van der Waals surface area (Å²) in [6.07, 6.45) is 0.488. The molecule has 0 aliphatic heterocycles. The first-order chi connectivity index (χ1) is 7.09. The lowest BCUT2D eigenvalue weighted by atomic mass is 10.3. The molecule has 0 spiro atoms. The van der Waals surface area contributed by atoms with E-state index in [2.05, 4.69) is 10.5 Å². The Labute approximate surface area is 83.5 Å². The first-order valence-corrected chi connectivity index (χ1v) is 3.77. The molecular weight excluding hydrogens is 204 g/mol. The molecule has 8 heteroatoms. The van der Waals surface area contributed by atoms with E-state index in [0.29, 0.717) is 12.0 Å². The molecule has 0 aromatic heterocycles. The number of nitrogens with one attached hydrogen (secondary N) is 1. The number of hydrogen-bond acceptors (Lipinski definition) is 6. The maximum absolute atomic E-state index is 10.3. The molecule has 0 radical (unpaired) electrons. The molecule has 1 aromatic rings. The van der Waals surface area contributed by atoms with Gasteiger partial charge in [0.05, 0.1) is 10.6 Å². The molecule has 8 nitrogen and oxygen atoms in total. The van der Waals surface area contributed by atoms with Crippen LogP contribution in [0.3, 0.4) is 0 Å². The lowest BCUT2D eigenvalue weighted by molar-refractivity contribution is -0.384. The Morgan fingerprint density at radius 2 is 1.80 bits per heavy atom. The van der Waals surface area contributed by atoms with Crippen molar-refractivity contribution in [3.8, 4) is 0 Å². The second-order valence-electron chi connectivity index (χ2n) is 2.45. The van der Waals surface area contributed by atoms with E-state index in [1.54, 1.807) is 0 Å². The van der Waals surface area contributed by atoms with Crippen molar-refractivity contribution in [1.29, 1.82) is 0 Å². The van der Waals surface area contributed by atoms with Crippen LogP contribution in [0.5, 0.6) is 0 Å². The Balaban J connectivity index is 2.65. The average molecular weight is 210 g/mol. The zero-order chi connectivity index (χ0) is 11.3. The predicted octanol–water partition coefficient (Wildman–Crippen LogP) is 1.23. The molecule has 0 fully saturated rings. The number of benzene rings is 1. The fraction of sp³-hybridized carbons (Fsp3) is 0. The van der Waals surface area contributed by atoms with Crippen LogP contribution in [0.1, 0.15) is 0 Å². The van der Waals surface area contributed by atoms with Gasteiger partial charge in [-0.3, -0.25) is 10.1 Å². The van der Waals surface area contributed by atoms with Gasteiger partial charge in [-0.1, -0.05) is 0 Å². The normalized spacial score (nSPS) is 10.1. The van der Waals surface area contributed by atoms with Crippen LogP contribution in [0, 0.1) is 20.2 Å². The zero-order valence-corrected chi connectivity index (χ0v) is 7.36. The van der Waals surface area contributed by atoms with Crippen molar-refractivity contribution in [2.45, 2.75) is 0 Å². The van der Waals surface area contributed by atoms with Crippen LogP contribution in [0.2, 0.25) is 0 Å². The molecule has 0 amide bonds. The highest BCUT2D eigenvalue weighted by Gasteiger charge is 2.03. The van der Waals surface area contributed by atoms with Crippen molar-refractivity contribution in [2.24, 2.45) is 5.10 Å². The molecule has 15 heavy (non-hydrogen) atoms. The van der Waals surface area contributed by atoms with Crippen LogP contribution in [-0.4, -0.2) is 16.2 Å². The number of non-ortho nitro benzene ring substituents is 1. The first kappa shape index (κ1) is 10.6. The number of nitro benzene ring substituents is 1. The monoisotopic (exact) mass is 210 g/mol. The number of hydrazone groups is 1. The first-order valence-electron chi connectivity index (χ1n) is 3.77. The van der Waals surface area contributed by atoms with Gasteiger partial charge in [0.15, 0.2) is 0 Å². The third kappa shape index (κ3) is 3.38. The van der Waals surface area contributed by atoms with Crippen LogP contribution in [0.25, 0.3) is 0 Å². The number of rotatable bonds is 4. The summed E-state index contributed by atoms with van der Waals surface area (Å²) < 4.78 is 0. The largest absolute Gasteiger partial charge is 0.358 e. The maximum Gasteiger partial charge on any atom is 0.352 e. The number of anilines is 1. The van der Waals surface area contributed by atoms with Crippen LogP contribution in [-0.2, 0) is 0 Å². The summed E-state index contributed by atoms with van der Waals surface area (Å²) in [7, 11) is 0. The molecule has 0 heterocycles. The lowest BCUT2D eigenvalue weighted by Gasteiger charge is -1.93. The van der Waals surface area contributed by atoms with Gasteiger partial charge in [-0.2, -0.15) is 5.43 Å². The van der Waals surface area contributed by atoms with Gasteiger partial charge in [-0.25, -0.2) is 0 Å². The minimum Gasteiger partial charge on any atom is -0.358 e. The summed E-state index contributed by atoms with van der Waals surface area (Å²) in [5, 5.41) is 23.4. The van der Waals surface area contributed by atoms with Crippen LogP contribution in [0.4, 0.5) is 11.4 Å². The van der Waals surface area contributed by atoms with Crippen LogP contribution < -0.4 is 5.43 Å². The topological polar surface area (TPSA) is 111 Å². The van der Waals surface area contributed by atoms with Gasteiger partial charge in [0, 0.05) is 17.2 Å². The number of nitro groups is 2. The maximum atomic E-state index is 10.3. The van der Waals surface area contributed by atoms with E-state index >= 15 is 0 Å². The van der Waals surface area contributed by atoms with Gasteiger partial charge in [-0.15, -0.1) is 0 Å². The van der Waals surface area contributed by atoms with Gasteiger partial charge >= 0.3 is 6.34 Å². The van der Waals surface area contributed by atoms with E-state index in [4.69, 9.17) is 0 Å². The molecule has 0 bridgehead atoms.